The number of carbonyl (C=O) groups excluding carboxylic acids is 1. The normalized spacial score (nSPS) is 11.3. The molecule has 1 N–H and O–H groups in total. The molecular formula is C30H30N2O3S. The summed E-state index contributed by atoms with van der Waals surface area (Å²) in [7, 11) is -3.51. The molecule has 6 heteroatoms. The van der Waals surface area contributed by atoms with Crippen LogP contribution in [0.5, 0.6) is 0 Å². The molecule has 0 aromatic heterocycles. The zero-order valence-corrected chi connectivity index (χ0v) is 21.5. The number of hydrogen-bond acceptors (Lipinski definition) is 3. The van der Waals surface area contributed by atoms with Crippen LogP contribution < -0.4 is 9.62 Å². The van der Waals surface area contributed by atoms with Gasteiger partial charge in [0.15, 0.2) is 0 Å². The Labute approximate surface area is 213 Å². The molecule has 0 heterocycles. The standard InChI is InChI=1S/C30H30N2O3S/c1-22-14-15-23(2)28(20-22)32(36(3,34)35)21-24-16-18-27(19-17-24)30(33)31-29(25-10-6-4-7-11-25)26-12-8-5-9-13-26/h4-20,29H,21H2,1-3H3,(H,31,33). The Morgan fingerprint density at radius 3 is 1.89 bits per heavy atom. The average molecular weight is 499 g/mol. The van der Waals surface area contributed by atoms with Gasteiger partial charge in [-0.2, -0.15) is 0 Å². The van der Waals surface area contributed by atoms with E-state index in [4.69, 9.17) is 0 Å². The fourth-order valence-electron chi connectivity index (χ4n) is 4.16. The SMILES string of the molecule is Cc1ccc(C)c(N(Cc2ccc(C(=O)NC(c3ccccc3)c3ccccc3)cc2)S(C)(=O)=O)c1. The van der Waals surface area contributed by atoms with Gasteiger partial charge >= 0.3 is 0 Å². The molecular weight excluding hydrogens is 468 g/mol. The van der Waals surface area contributed by atoms with Crippen molar-refractivity contribution >= 4 is 21.6 Å². The molecule has 36 heavy (non-hydrogen) atoms. The van der Waals surface area contributed by atoms with E-state index < -0.39 is 10.0 Å². The quantitative estimate of drug-likeness (QED) is 0.334. The Bertz CT molecular complexity index is 1400. The number of carbonyl (C=O) groups is 1. The van der Waals surface area contributed by atoms with Gasteiger partial charge in [-0.3, -0.25) is 9.10 Å². The van der Waals surface area contributed by atoms with Crippen LogP contribution in [0.25, 0.3) is 0 Å². The third-order valence-electron chi connectivity index (χ3n) is 6.12. The van der Waals surface area contributed by atoms with Gasteiger partial charge < -0.3 is 5.32 Å². The number of anilines is 1. The zero-order chi connectivity index (χ0) is 25.7. The lowest BCUT2D eigenvalue weighted by atomic mass is 9.98. The van der Waals surface area contributed by atoms with Crippen LogP contribution in [0.3, 0.4) is 0 Å². The molecule has 0 fully saturated rings. The van der Waals surface area contributed by atoms with Crippen molar-refractivity contribution in [2.75, 3.05) is 10.6 Å². The predicted molar refractivity (Wildman–Crippen MR) is 146 cm³/mol. The van der Waals surface area contributed by atoms with Crippen LogP contribution in [0.15, 0.2) is 103 Å². The molecule has 4 aromatic rings. The van der Waals surface area contributed by atoms with Crippen LogP contribution in [0.4, 0.5) is 5.69 Å². The number of nitrogens with zero attached hydrogens (tertiary/aromatic N) is 1. The third kappa shape index (κ3) is 6.01. The number of aryl methyl sites for hydroxylation is 2. The van der Waals surface area contributed by atoms with Crippen molar-refractivity contribution in [3.8, 4) is 0 Å². The smallest absolute Gasteiger partial charge is 0.252 e. The summed E-state index contributed by atoms with van der Waals surface area (Å²) in [6.45, 7) is 4.02. The second kappa shape index (κ2) is 10.8. The lowest BCUT2D eigenvalue weighted by Crippen LogP contribution is -2.30. The molecule has 4 aromatic carbocycles. The highest BCUT2D eigenvalue weighted by atomic mass is 32.2. The molecule has 184 valence electrons. The van der Waals surface area contributed by atoms with Gasteiger partial charge in [-0.15, -0.1) is 0 Å². The average Bonchev–Trinajstić information content (AvgIpc) is 2.88. The maximum atomic E-state index is 13.2. The Hall–Kier alpha value is -3.90. The second-order valence-electron chi connectivity index (χ2n) is 8.98. The Morgan fingerprint density at radius 2 is 1.36 bits per heavy atom. The van der Waals surface area contributed by atoms with Gasteiger partial charge in [0.25, 0.3) is 5.91 Å². The van der Waals surface area contributed by atoms with E-state index in [9.17, 15) is 13.2 Å². The van der Waals surface area contributed by atoms with Crippen LogP contribution in [-0.4, -0.2) is 20.6 Å². The number of amides is 1. The van der Waals surface area contributed by atoms with Crippen LogP contribution in [0, 0.1) is 13.8 Å². The topological polar surface area (TPSA) is 66.5 Å². The first-order chi connectivity index (χ1) is 17.2. The van der Waals surface area contributed by atoms with Crippen molar-refractivity contribution < 1.29 is 13.2 Å². The molecule has 0 radical (unpaired) electrons. The minimum absolute atomic E-state index is 0.182. The van der Waals surface area contributed by atoms with Gasteiger partial charge in [-0.1, -0.05) is 84.9 Å². The molecule has 0 saturated heterocycles. The first kappa shape index (κ1) is 25.2. The van der Waals surface area contributed by atoms with Gasteiger partial charge in [0.05, 0.1) is 24.5 Å². The minimum Gasteiger partial charge on any atom is -0.341 e. The summed E-state index contributed by atoms with van der Waals surface area (Å²) in [4.78, 5) is 13.2. The molecule has 4 rings (SSSR count). The van der Waals surface area contributed by atoms with E-state index in [1.54, 1.807) is 24.3 Å². The van der Waals surface area contributed by atoms with E-state index >= 15 is 0 Å². The highest BCUT2D eigenvalue weighted by Gasteiger charge is 2.21. The highest BCUT2D eigenvalue weighted by molar-refractivity contribution is 7.92. The summed E-state index contributed by atoms with van der Waals surface area (Å²) < 4.78 is 26.7. The molecule has 0 saturated carbocycles. The lowest BCUT2D eigenvalue weighted by molar-refractivity contribution is 0.0943. The minimum atomic E-state index is -3.51. The summed E-state index contributed by atoms with van der Waals surface area (Å²) >= 11 is 0. The maximum absolute atomic E-state index is 13.2. The van der Waals surface area contributed by atoms with Gasteiger partial charge in [0, 0.05) is 5.56 Å². The summed E-state index contributed by atoms with van der Waals surface area (Å²) in [5, 5.41) is 3.14. The van der Waals surface area contributed by atoms with Crippen LogP contribution in [0.1, 0.15) is 44.2 Å². The van der Waals surface area contributed by atoms with Gasteiger partial charge in [0.1, 0.15) is 0 Å². The maximum Gasteiger partial charge on any atom is 0.252 e. The molecule has 0 bridgehead atoms. The lowest BCUT2D eigenvalue weighted by Gasteiger charge is -2.25. The van der Waals surface area contributed by atoms with Crippen molar-refractivity contribution in [3.63, 3.8) is 0 Å². The largest absolute Gasteiger partial charge is 0.341 e. The van der Waals surface area contributed by atoms with E-state index in [1.807, 2.05) is 92.7 Å². The number of hydrogen-bond donors (Lipinski definition) is 1. The fourth-order valence-corrected chi connectivity index (χ4v) is 5.10. The molecule has 0 aliphatic heterocycles. The van der Waals surface area contributed by atoms with Crippen molar-refractivity contribution in [1.82, 2.24) is 5.32 Å². The molecule has 0 aliphatic rings. The first-order valence-corrected chi connectivity index (χ1v) is 13.6. The van der Waals surface area contributed by atoms with Crippen molar-refractivity contribution in [3.05, 3.63) is 137 Å². The number of nitrogens with one attached hydrogen (secondary N) is 1. The van der Waals surface area contributed by atoms with Crippen LogP contribution in [-0.2, 0) is 16.6 Å². The first-order valence-electron chi connectivity index (χ1n) is 11.8. The number of rotatable bonds is 8. The van der Waals surface area contributed by atoms with Gasteiger partial charge in [0.2, 0.25) is 10.0 Å². The molecule has 0 unspecified atom stereocenters. The third-order valence-corrected chi connectivity index (χ3v) is 7.24. The Morgan fingerprint density at radius 1 is 0.806 bits per heavy atom. The van der Waals surface area contributed by atoms with Crippen molar-refractivity contribution in [2.45, 2.75) is 26.4 Å². The molecule has 0 atom stereocenters. The number of sulfonamides is 1. The Kier molecular flexibility index (Phi) is 7.55. The van der Waals surface area contributed by atoms with Crippen molar-refractivity contribution in [1.29, 1.82) is 0 Å². The zero-order valence-electron chi connectivity index (χ0n) is 20.7. The second-order valence-corrected chi connectivity index (χ2v) is 10.9. The van der Waals surface area contributed by atoms with E-state index in [0.717, 1.165) is 27.8 Å². The van der Waals surface area contributed by atoms with Gasteiger partial charge in [-0.05, 0) is 59.9 Å². The van der Waals surface area contributed by atoms with Crippen molar-refractivity contribution in [2.24, 2.45) is 0 Å². The molecule has 0 aliphatic carbocycles. The molecule has 5 nitrogen and oxygen atoms in total. The Balaban J connectivity index is 1.56. The highest BCUT2D eigenvalue weighted by Crippen LogP contribution is 2.26. The van der Waals surface area contributed by atoms with E-state index in [-0.39, 0.29) is 18.5 Å². The van der Waals surface area contributed by atoms with E-state index in [0.29, 0.717) is 11.3 Å². The summed E-state index contributed by atoms with van der Waals surface area (Å²) in [6.07, 6.45) is 1.21. The van der Waals surface area contributed by atoms with Gasteiger partial charge in [-0.25, -0.2) is 8.42 Å². The summed E-state index contributed by atoms with van der Waals surface area (Å²) in [6, 6.07) is 32.3. The monoisotopic (exact) mass is 498 g/mol. The summed E-state index contributed by atoms with van der Waals surface area (Å²) in [5.74, 6) is -0.200. The van der Waals surface area contributed by atoms with Crippen LogP contribution in [0.2, 0.25) is 0 Å². The van der Waals surface area contributed by atoms with E-state index in [2.05, 4.69) is 5.32 Å². The predicted octanol–water partition coefficient (Wildman–Crippen LogP) is 5.79. The van der Waals surface area contributed by atoms with Crippen LogP contribution >= 0.6 is 0 Å². The summed E-state index contributed by atoms with van der Waals surface area (Å²) in [5.41, 5.74) is 5.82. The van der Waals surface area contributed by atoms with E-state index in [1.165, 1.54) is 10.6 Å². The fraction of sp³-hybridized carbons (Fsp3) is 0.167. The molecule has 0 spiro atoms. The molecule has 1 amide bonds. The number of benzene rings is 4.